The van der Waals surface area contributed by atoms with Crippen molar-refractivity contribution in [3.8, 4) is 0 Å². The fourth-order valence-electron chi connectivity index (χ4n) is 0.763. The summed E-state index contributed by atoms with van der Waals surface area (Å²) in [5, 5.41) is 0. The van der Waals surface area contributed by atoms with Crippen LogP contribution in [0.4, 0.5) is 0 Å². The molecule has 0 aliphatic carbocycles. The van der Waals surface area contributed by atoms with E-state index in [4.69, 9.17) is 11.6 Å². The lowest BCUT2D eigenvalue weighted by atomic mass is 10.5. The van der Waals surface area contributed by atoms with Crippen molar-refractivity contribution in [2.24, 2.45) is 0 Å². The Labute approximate surface area is 59.5 Å². The van der Waals surface area contributed by atoms with E-state index in [2.05, 4.69) is 11.9 Å². The van der Waals surface area contributed by atoms with Crippen LogP contribution in [-0.2, 0) is 12.4 Å². The maximum Gasteiger partial charge on any atom is 0.109 e. The lowest BCUT2D eigenvalue weighted by molar-refractivity contribution is 0.787. The summed E-state index contributed by atoms with van der Waals surface area (Å²) in [7, 11) is 0. The van der Waals surface area contributed by atoms with Gasteiger partial charge in [0, 0.05) is 18.8 Å². The molecule has 0 amide bonds. The van der Waals surface area contributed by atoms with E-state index in [1.807, 2.05) is 10.8 Å². The van der Waals surface area contributed by atoms with Gasteiger partial charge in [-0.25, -0.2) is 4.98 Å². The number of aromatic nitrogens is 2. The second-order valence-electron chi connectivity index (χ2n) is 1.79. The summed E-state index contributed by atoms with van der Waals surface area (Å²) >= 11 is 5.58. The van der Waals surface area contributed by atoms with Crippen molar-refractivity contribution >= 4 is 11.6 Å². The Bertz CT molecular complexity index is 164. The van der Waals surface area contributed by atoms with Crippen LogP contribution < -0.4 is 0 Å². The Morgan fingerprint density at radius 1 is 1.78 bits per heavy atom. The van der Waals surface area contributed by atoms with Gasteiger partial charge in [0.05, 0.1) is 6.00 Å². The number of imidazole rings is 1. The van der Waals surface area contributed by atoms with E-state index in [1.54, 1.807) is 6.20 Å². The molecule has 9 heavy (non-hydrogen) atoms. The topological polar surface area (TPSA) is 17.8 Å². The minimum Gasteiger partial charge on any atom is -0.321 e. The fraction of sp³-hybridized carbons (Fsp3) is 0.500. The minimum absolute atomic E-state index is 0.503. The van der Waals surface area contributed by atoms with Gasteiger partial charge in [0.1, 0.15) is 5.82 Å². The van der Waals surface area contributed by atoms with Crippen LogP contribution in [0.2, 0.25) is 0 Å². The Balaban J connectivity index is 2.85. The molecule has 0 aliphatic heterocycles. The van der Waals surface area contributed by atoms with Crippen molar-refractivity contribution in [2.45, 2.75) is 19.3 Å². The third-order valence-corrected chi connectivity index (χ3v) is 1.50. The van der Waals surface area contributed by atoms with Gasteiger partial charge < -0.3 is 4.57 Å². The summed E-state index contributed by atoms with van der Waals surface area (Å²) in [4.78, 5) is 4.08. The summed E-state index contributed by atoms with van der Waals surface area (Å²) in [6.45, 7) is 2.06. The Kier molecular flexibility index (Phi) is 2.11. The van der Waals surface area contributed by atoms with E-state index in [0.29, 0.717) is 6.00 Å². The lowest BCUT2D eigenvalue weighted by Gasteiger charge is -1.97. The van der Waals surface area contributed by atoms with Gasteiger partial charge in [-0.3, -0.25) is 0 Å². The zero-order chi connectivity index (χ0) is 6.69. The highest BCUT2D eigenvalue weighted by Gasteiger charge is 1.95. The Morgan fingerprint density at radius 2 is 2.56 bits per heavy atom. The molecule has 50 valence electrons. The molecule has 3 heteroatoms. The standard InChI is InChI=1S/C6H9ClN2/c1-2-6-8-3-4-9(6)5-7/h3-4H,2,5H2,1H3. The second-order valence-corrected chi connectivity index (χ2v) is 2.03. The Morgan fingerprint density at radius 3 is 3.00 bits per heavy atom. The van der Waals surface area contributed by atoms with E-state index in [-0.39, 0.29) is 0 Å². The summed E-state index contributed by atoms with van der Waals surface area (Å²) in [5.74, 6) is 1.05. The molecule has 2 nitrogen and oxygen atoms in total. The quantitative estimate of drug-likeness (QED) is 0.577. The molecule has 0 unspecified atom stereocenters. The molecule has 0 saturated heterocycles. The zero-order valence-electron chi connectivity index (χ0n) is 5.34. The van der Waals surface area contributed by atoms with E-state index >= 15 is 0 Å². The van der Waals surface area contributed by atoms with Gasteiger partial charge in [-0.05, 0) is 0 Å². The van der Waals surface area contributed by atoms with E-state index in [9.17, 15) is 0 Å². The van der Waals surface area contributed by atoms with E-state index in [1.165, 1.54) is 0 Å². The molecule has 0 N–H and O–H groups in total. The molecule has 0 atom stereocenters. The highest BCUT2D eigenvalue weighted by Crippen LogP contribution is 1.98. The van der Waals surface area contributed by atoms with Crippen LogP contribution >= 0.6 is 11.6 Å². The molecule has 1 rings (SSSR count). The maximum atomic E-state index is 5.58. The predicted molar refractivity (Wildman–Crippen MR) is 37.5 cm³/mol. The summed E-state index contributed by atoms with van der Waals surface area (Å²) in [6, 6.07) is 0.503. The minimum atomic E-state index is 0.503. The molecule has 1 heterocycles. The molecule has 0 fully saturated rings. The van der Waals surface area contributed by atoms with Crippen molar-refractivity contribution in [2.75, 3.05) is 0 Å². The molecule has 0 bridgehead atoms. The van der Waals surface area contributed by atoms with Crippen LogP contribution in [0, 0.1) is 0 Å². The molecule has 0 spiro atoms. The summed E-state index contributed by atoms with van der Waals surface area (Å²) in [5.41, 5.74) is 0. The van der Waals surface area contributed by atoms with Crippen molar-refractivity contribution in [1.29, 1.82) is 0 Å². The van der Waals surface area contributed by atoms with Crippen LogP contribution in [0.3, 0.4) is 0 Å². The molecule has 1 aromatic rings. The van der Waals surface area contributed by atoms with Crippen molar-refractivity contribution in [1.82, 2.24) is 9.55 Å². The first-order valence-corrected chi connectivity index (χ1v) is 3.48. The van der Waals surface area contributed by atoms with E-state index < -0.39 is 0 Å². The third kappa shape index (κ3) is 1.24. The largest absolute Gasteiger partial charge is 0.321 e. The number of halogens is 1. The average molecular weight is 145 g/mol. The number of nitrogens with zero attached hydrogens (tertiary/aromatic N) is 2. The lowest BCUT2D eigenvalue weighted by Crippen LogP contribution is -1.96. The predicted octanol–water partition coefficient (Wildman–Crippen LogP) is 1.64. The first kappa shape index (κ1) is 6.62. The molecule has 0 aromatic carbocycles. The molecular formula is C6H9ClN2. The number of aryl methyl sites for hydroxylation is 1. The van der Waals surface area contributed by atoms with Gasteiger partial charge in [-0.2, -0.15) is 0 Å². The van der Waals surface area contributed by atoms with Crippen LogP contribution in [0.1, 0.15) is 12.7 Å². The van der Waals surface area contributed by atoms with Crippen LogP contribution in [0.15, 0.2) is 12.4 Å². The first-order valence-electron chi connectivity index (χ1n) is 2.94. The smallest absolute Gasteiger partial charge is 0.109 e. The van der Waals surface area contributed by atoms with Crippen LogP contribution in [0.5, 0.6) is 0 Å². The monoisotopic (exact) mass is 144 g/mol. The van der Waals surface area contributed by atoms with Gasteiger partial charge in [0.2, 0.25) is 0 Å². The van der Waals surface area contributed by atoms with Crippen molar-refractivity contribution < 1.29 is 0 Å². The third-order valence-electron chi connectivity index (χ3n) is 1.25. The van der Waals surface area contributed by atoms with Crippen LogP contribution in [-0.4, -0.2) is 9.55 Å². The highest BCUT2D eigenvalue weighted by molar-refractivity contribution is 6.15. The number of rotatable bonds is 2. The number of hydrogen-bond donors (Lipinski definition) is 0. The molecule has 0 aliphatic rings. The van der Waals surface area contributed by atoms with E-state index in [0.717, 1.165) is 12.2 Å². The van der Waals surface area contributed by atoms with Crippen LogP contribution in [0.25, 0.3) is 0 Å². The number of alkyl halides is 1. The van der Waals surface area contributed by atoms with Gasteiger partial charge in [0.25, 0.3) is 0 Å². The number of hydrogen-bond acceptors (Lipinski definition) is 1. The average Bonchev–Trinajstić information content (AvgIpc) is 2.33. The maximum absolute atomic E-state index is 5.58. The first-order chi connectivity index (χ1) is 4.38. The summed E-state index contributed by atoms with van der Waals surface area (Å²) < 4.78 is 1.92. The molecular weight excluding hydrogens is 136 g/mol. The van der Waals surface area contributed by atoms with Gasteiger partial charge in [-0.1, -0.05) is 6.92 Å². The Hall–Kier alpha value is -0.500. The molecule has 0 saturated carbocycles. The van der Waals surface area contributed by atoms with Gasteiger partial charge in [-0.15, -0.1) is 11.6 Å². The molecule has 1 aromatic heterocycles. The SMILES string of the molecule is CCc1nccn1CCl. The molecule has 0 radical (unpaired) electrons. The van der Waals surface area contributed by atoms with Crippen molar-refractivity contribution in [3.63, 3.8) is 0 Å². The van der Waals surface area contributed by atoms with Gasteiger partial charge in [0.15, 0.2) is 0 Å². The second kappa shape index (κ2) is 2.87. The zero-order valence-corrected chi connectivity index (χ0v) is 6.10. The van der Waals surface area contributed by atoms with Gasteiger partial charge >= 0.3 is 0 Å². The van der Waals surface area contributed by atoms with Crippen molar-refractivity contribution in [3.05, 3.63) is 18.2 Å². The normalized spacial score (nSPS) is 10.0. The fourth-order valence-corrected chi connectivity index (χ4v) is 0.981. The highest BCUT2D eigenvalue weighted by atomic mass is 35.5. The summed E-state index contributed by atoms with van der Waals surface area (Å²) in [6.07, 6.45) is 4.59.